The van der Waals surface area contributed by atoms with Crippen molar-refractivity contribution in [1.82, 2.24) is 15.1 Å². The van der Waals surface area contributed by atoms with E-state index in [-0.39, 0.29) is 11.8 Å². The summed E-state index contributed by atoms with van der Waals surface area (Å²) in [5.74, 6) is -0.334. The van der Waals surface area contributed by atoms with Gasteiger partial charge in [-0.3, -0.25) is 4.68 Å². The average molecular weight is 304 g/mol. The highest BCUT2D eigenvalue weighted by molar-refractivity contribution is 5.89. The summed E-state index contributed by atoms with van der Waals surface area (Å²) >= 11 is 0. The number of hydrogen-bond donors (Lipinski definition) is 2. The number of aromatic nitrogens is 2. The molecule has 0 unspecified atom stereocenters. The molecule has 0 saturated carbocycles. The van der Waals surface area contributed by atoms with E-state index in [4.69, 9.17) is 0 Å². The standard InChI is InChI=1S/C16H21FN4O/c1-10-5-6-13(9-15(10)17)19-16(22)18-8-7-14-11(2)20-21(4)12(14)3/h5-6,9H,7-8H2,1-4H3,(H2,18,19,22). The van der Waals surface area contributed by atoms with Gasteiger partial charge in [0.05, 0.1) is 5.69 Å². The minimum atomic E-state index is -0.345. The molecule has 0 aliphatic carbocycles. The van der Waals surface area contributed by atoms with E-state index < -0.39 is 0 Å². The number of nitrogens with one attached hydrogen (secondary N) is 2. The number of urea groups is 1. The lowest BCUT2D eigenvalue weighted by molar-refractivity contribution is 0.252. The first kappa shape index (κ1) is 16.0. The molecule has 2 rings (SSSR count). The smallest absolute Gasteiger partial charge is 0.319 e. The summed E-state index contributed by atoms with van der Waals surface area (Å²) < 4.78 is 15.2. The lowest BCUT2D eigenvalue weighted by Crippen LogP contribution is -2.30. The van der Waals surface area contributed by atoms with Crippen molar-refractivity contribution in [1.29, 1.82) is 0 Å². The second-order valence-corrected chi connectivity index (χ2v) is 5.37. The molecule has 0 spiro atoms. The zero-order chi connectivity index (χ0) is 16.3. The van der Waals surface area contributed by atoms with Gasteiger partial charge in [0.25, 0.3) is 0 Å². The quantitative estimate of drug-likeness (QED) is 0.912. The third kappa shape index (κ3) is 3.63. The monoisotopic (exact) mass is 304 g/mol. The normalized spacial score (nSPS) is 10.6. The van der Waals surface area contributed by atoms with Crippen molar-refractivity contribution in [2.45, 2.75) is 27.2 Å². The maximum absolute atomic E-state index is 13.4. The molecule has 0 aliphatic rings. The van der Waals surface area contributed by atoms with E-state index in [0.717, 1.165) is 17.0 Å². The van der Waals surface area contributed by atoms with Crippen LogP contribution in [0.4, 0.5) is 14.9 Å². The lowest BCUT2D eigenvalue weighted by atomic mass is 10.1. The highest BCUT2D eigenvalue weighted by Gasteiger charge is 2.10. The third-order valence-electron chi connectivity index (χ3n) is 3.75. The minimum Gasteiger partial charge on any atom is -0.338 e. The van der Waals surface area contributed by atoms with Gasteiger partial charge in [-0.15, -0.1) is 0 Å². The Labute approximate surface area is 129 Å². The van der Waals surface area contributed by atoms with Gasteiger partial charge >= 0.3 is 6.03 Å². The molecule has 5 nitrogen and oxygen atoms in total. The van der Waals surface area contributed by atoms with Crippen LogP contribution in [0.25, 0.3) is 0 Å². The minimum absolute atomic E-state index is 0.334. The number of aryl methyl sites for hydroxylation is 3. The van der Waals surface area contributed by atoms with E-state index in [1.54, 1.807) is 19.1 Å². The molecule has 0 aliphatic heterocycles. The van der Waals surface area contributed by atoms with Gasteiger partial charge in [0.15, 0.2) is 0 Å². The van der Waals surface area contributed by atoms with Crippen molar-refractivity contribution in [2.24, 2.45) is 7.05 Å². The second-order valence-electron chi connectivity index (χ2n) is 5.37. The number of nitrogens with zero attached hydrogens (tertiary/aromatic N) is 2. The topological polar surface area (TPSA) is 59.0 Å². The van der Waals surface area contributed by atoms with Crippen molar-refractivity contribution in [3.63, 3.8) is 0 Å². The molecule has 0 saturated heterocycles. The zero-order valence-electron chi connectivity index (χ0n) is 13.3. The Morgan fingerprint density at radius 1 is 1.32 bits per heavy atom. The summed E-state index contributed by atoms with van der Waals surface area (Å²) in [6.07, 6.45) is 0.710. The molecule has 1 aromatic heterocycles. The van der Waals surface area contributed by atoms with Crippen LogP contribution in [0.15, 0.2) is 18.2 Å². The molecule has 0 radical (unpaired) electrons. The Kier molecular flexibility index (Phi) is 4.80. The van der Waals surface area contributed by atoms with Gasteiger partial charge in [-0.2, -0.15) is 5.10 Å². The van der Waals surface area contributed by atoms with E-state index in [1.165, 1.54) is 6.07 Å². The van der Waals surface area contributed by atoms with Crippen LogP contribution in [0.1, 0.15) is 22.5 Å². The maximum atomic E-state index is 13.4. The maximum Gasteiger partial charge on any atom is 0.319 e. The van der Waals surface area contributed by atoms with Crippen LogP contribution in [0.2, 0.25) is 0 Å². The van der Waals surface area contributed by atoms with Crippen LogP contribution in [0.5, 0.6) is 0 Å². The molecular formula is C16H21FN4O. The van der Waals surface area contributed by atoms with Gasteiger partial charge in [0, 0.05) is 25.0 Å². The molecular weight excluding hydrogens is 283 g/mol. The highest BCUT2D eigenvalue weighted by atomic mass is 19.1. The summed E-state index contributed by atoms with van der Waals surface area (Å²) in [5.41, 5.74) is 4.20. The van der Waals surface area contributed by atoms with Crippen LogP contribution < -0.4 is 10.6 Å². The van der Waals surface area contributed by atoms with E-state index in [1.807, 2.05) is 25.6 Å². The largest absolute Gasteiger partial charge is 0.338 e. The fraction of sp³-hybridized carbons (Fsp3) is 0.375. The van der Waals surface area contributed by atoms with Crippen molar-refractivity contribution >= 4 is 11.7 Å². The number of halogens is 1. The molecule has 1 heterocycles. The Bertz CT molecular complexity index is 694. The molecule has 0 fully saturated rings. The van der Waals surface area contributed by atoms with E-state index in [9.17, 15) is 9.18 Å². The molecule has 2 aromatic rings. The number of carbonyl (C=O) groups excluding carboxylic acids is 1. The molecule has 22 heavy (non-hydrogen) atoms. The predicted molar refractivity (Wildman–Crippen MR) is 84.5 cm³/mol. The number of anilines is 1. The molecule has 1 aromatic carbocycles. The highest BCUT2D eigenvalue weighted by Crippen LogP contribution is 2.14. The van der Waals surface area contributed by atoms with Gasteiger partial charge in [-0.1, -0.05) is 6.07 Å². The number of amides is 2. The van der Waals surface area contributed by atoms with E-state index in [2.05, 4.69) is 15.7 Å². The molecule has 0 atom stereocenters. The number of rotatable bonds is 4. The van der Waals surface area contributed by atoms with Gasteiger partial charge in [-0.05, 0) is 50.5 Å². The van der Waals surface area contributed by atoms with Gasteiger partial charge in [-0.25, -0.2) is 9.18 Å². The number of hydrogen-bond acceptors (Lipinski definition) is 2. The van der Waals surface area contributed by atoms with Crippen molar-refractivity contribution in [2.75, 3.05) is 11.9 Å². The SMILES string of the molecule is Cc1ccc(NC(=O)NCCc2c(C)nn(C)c2C)cc1F. The van der Waals surface area contributed by atoms with Crippen LogP contribution in [-0.4, -0.2) is 22.4 Å². The summed E-state index contributed by atoms with van der Waals surface area (Å²) in [5, 5.41) is 9.73. The van der Waals surface area contributed by atoms with Crippen LogP contribution in [0, 0.1) is 26.6 Å². The number of benzene rings is 1. The van der Waals surface area contributed by atoms with Gasteiger partial charge in [0.2, 0.25) is 0 Å². The first-order chi connectivity index (χ1) is 10.4. The van der Waals surface area contributed by atoms with Crippen molar-refractivity contribution in [3.05, 3.63) is 46.5 Å². The summed E-state index contributed by atoms with van der Waals surface area (Å²) in [6, 6.07) is 4.27. The Morgan fingerprint density at radius 3 is 2.64 bits per heavy atom. The summed E-state index contributed by atoms with van der Waals surface area (Å²) in [7, 11) is 1.90. The van der Waals surface area contributed by atoms with Crippen molar-refractivity contribution < 1.29 is 9.18 Å². The van der Waals surface area contributed by atoms with E-state index in [0.29, 0.717) is 24.2 Å². The molecule has 118 valence electrons. The third-order valence-corrected chi connectivity index (χ3v) is 3.75. The molecule has 2 amide bonds. The average Bonchev–Trinajstić information content (AvgIpc) is 2.69. The van der Waals surface area contributed by atoms with E-state index >= 15 is 0 Å². The van der Waals surface area contributed by atoms with Crippen LogP contribution in [0.3, 0.4) is 0 Å². The molecule has 2 N–H and O–H groups in total. The zero-order valence-corrected chi connectivity index (χ0v) is 13.3. The summed E-state index contributed by atoms with van der Waals surface area (Å²) in [4.78, 5) is 11.8. The Morgan fingerprint density at radius 2 is 2.05 bits per heavy atom. The van der Waals surface area contributed by atoms with Gasteiger partial charge < -0.3 is 10.6 Å². The predicted octanol–water partition coefficient (Wildman–Crippen LogP) is 2.85. The first-order valence-electron chi connectivity index (χ1n) is 7.18. The van der Waals surface area contributed by atoms with Crippen LogP contribution >= 0.6 is 0 Å². The lowest BCUT2D eigenvalue weighted by Gasteiger charge is -2.08. The van der Waals surface area contributed by atoms with Gasteiger partial charge in [0.1, 0.15) is 5.82 Å². The van der Waals surface area contributed by atoms with Crippen LogP contribution in [-0.2, 0) is 13.5 Å². The number of carbonyl (C=O) groups is 1. The Balaban J connectivity index is 1.86. The second kappa shape index (κ2) is 6.60. The van der Waals surface area contributed by atoms with Crippen molar-refractivity contribution in [3.8, 4) is 0 Å². The fourth-order valence-corrected chi connectivity index (χ4v) is 2.33. The summed E-state index contributed by atoms with van der Waals surface area (Å²) in [6.45, 7) is 6.13. The molecule has 6 heteroatoms. The molecule has 0 bridgehead atoms. The fourth-order valence-electron chi connectivity index (χ4n) is 2.33. The Hall–Kier alpha value is -2.37. The first-order valence-corrected chi connectivity index (χ1v) is 7.18.